The van der Waals surface area contributed by atoms with E-state index in [1.165, 1.54) is 70.6 Å². The van der Waals surface area contributed by atoms with Crippen LogP contribution in [0.15, 0.2) is 0 Å². The van der Waals surface area contributed by atoms with Crippen LogP contribution < -0.4 is 0 Å². The van der Waals surface area contributed by atoms with Crippen molar-refractivity contribution < 1.29 is 36.3 Å². The predicted octanol–water partition coefficient (Wildman–Crippen LogP) is 6.98. The van der Waals surface area contributed by atoms with Gasteiger partial charge in [-0.15, -0.1) is 0 Å². The number of carbonyl (C=O) groups excluding carboxylic acids is 1. The number of hydrogen-bond acceptors (Lipinski definition) is 3. The van der Waals surface area contributed by atoms with Gasteiger partial charge in [-0.3, -0.25) is 4.89 Å². The van der Waals surface area contributed by atoms with Gasteiger partial charge in [0.15, 0.2) is 0 Å². The molecule has 25 heavy (non-hydrogen) atoms. The zero-order valence-corrected chi connectivity index (χ0v) is 18.8. The molecule has 0 unspecified atom stereocenters. The monoisotopic (exact) mass is 390 g/mol. The molecule has 0 aromatic heterocycles. The van der Waals surface area contributed by atoms with Crippen molar-refractivity contribution in [2.75, 3.05) is 0 Å². The van der Waals surface area contributed by atoms with E-state index >= 15 is 0 Å². The fraction of sp³-hybridized carbons (Fsp3) is 0.952. The Balaban J connectivity index is 0. The average Bonchev–Trinajstić information content (AvgIpc) is 2.52. The van der Waals surface area contributed by atoms with Gasteiger partial charge in [0.2, 0.25) is 0 Å². The summed E-state index contributed by atoms with van der Waals surface area (Å²) in [6.45, 7) is 8.32. The van der Waals surface area contributed by atoms with Crippen molar-refractivity contribution in [1.82, 2.24) is 0 Å². The normalized spacial score (nSPS) is 11.0. The van der Waals surface area contributed by atoms with E-state index in [-0.39, 0.29) is 33.8 Å². The minimum absolute atomic E-state index is 0. The van der Waals surface area contributed by atoms with Crippen LogP contribution in [0.1, 0.15) is 118 Å². The summed E-state index contributed by atoms with van der Waals surface area (Å²) in [6.07, 6.45) is 17.5. The first-order valence-corrected chi connectivity index (χ1v) is 10.4. The number of rotatable bonds is 17. The van der Waals surface area contributed by atoms with E-state index in [0.29, 0.717) is 6.42 Å². The Hall–Kier alpha value is 0.144. The van der Waals surface area contributed by atoms with Crippen molar-refractivity contribution in [3.63, 3.8) is 0 Å². The molecule has 3 nitrogen and oxygen atoms in total. The van der Waals surface area contributed by atoms with Crippen molar-refractivity contribution in [2.45, 2.75) is 124 Å². The zero-order valence-electron chi connectivity index (χ0n) is 17.3. The summed E-state index contributed by atoms with van der Waals surface area (Å²) in [5.74, 6) is 0.626. The Morgan fingerprint density at radius 1 is 0.680 bits per heavy atom. The summed E-state index contributed by atoms with van der Waals surface area (Å²) in [5, 5.41) is 0. The first kappa shape index (κ1) is 27.4. The minimum atomic E-state index is -0.239. The van der Waals surface area contributed by atoms with Crippen LogP contribution in [0.2, 0.25) is 0 Å². The van der Waals surface area contributed by atoms with Gasteiger partial charge in [0.25, 0.3) is 0 Å². The van der Waals surface area contributed by atoms with Crippen molar-refractivity contribution in [3.8, 4) is 0 Å². The number of hydrogen-bond donors (Lipinski definition) is 0. The zero-order chi connectivity index (χ0) is 18.0. The van der Waals surface area contributed by atoms with E-state index in [9.17, 15) is 4.79 Å². The van der Waals surface area contributed by atoms with Crippen LogP contribution in [0.4, 0.5) is 0 Å². The molecule has 0 aromatic carbocycles. The van der Waals surface area contributed by atoms with Gasteiger partial charge in [0, 0.05) is 28.1 Å². The van der Waals surface area contributed by atoms with Crippen LogP contribution in [0.5, 0.6) is 0 Å². The predicted molar refractivity (Wildman–Crippen MR) is 102 cm³/mol. The second-order valence-corrected chi connectivity index (χ2v) is 7.78. The van der Waals surface area contributed by atoms with Gasteiger partial charge in [0.05, 0.1) is 6.10 Å². The maximum atomic E-state index is 11.3. The summed E-state index contributed by atoms with van der Waals surface area (Å²) in [4.78, 5) is 20.8. The molecule has 0 saturated carbocycles. The number of carbonyl (C=O) groups is 1. The van der Waals surface area contributed by atoms with Gasteiger partial charge >= 0.3 is 5.97 Å². The van der Waals surface area contributed by atoms with Crippen LogP contribution in [-0.4, -0.2) is 12.1 Å². The maximum absolute atomic E-state index is 11.3. The summed E-state index contributed by atoms with van der Waals surface area (Å²) >= 11 is 0. The smallest absolute Gasteiger partial charge is 0.298 e. The number of unbranched alkanes of at least 4 members (excludes halogenated alkanes) is 11. The Morgan fingerprint density at radius 2 is 1.08 bits per heavy atom. The molecule has 0 aliphatic rings. The summed E-state index contributed by atoms with van der Waals surface area (Å²) in [5.41, 5.74) is 0. The molecule has 0 aliphatic carbocycles. The Labute approximate surface area is 171 Å². The fourth-order valence-corrected chi connectivity index (χ4v) is 2.78. The van der Waals surface area contributed by atoms with Crippen LogP contribution in [0.25, 0.3) is 0 Å². The molecule has 148 valence electrons. The molecule has 0 spiro atoms. The minimum Gasteiger partial charge on any atom is -0.298 e. The first-order chi connectivity index (χ1) is 11.5. The van der Waals surface area contributed by atoms with Gasteiger partial charge in [-0.25, -0.2) is 4.79 Å². The molecule has 0 N–H and O–H groups in total. The Kier molecular flexibility index (Phi) is 22.4. The third-order valence-electron chi connectivity index (χ3n) is 4.25. The van der Waals surface area contributed by atoms with Gasteiger partial charge in [-0.1, -0.05) is 90.9 Å². The SMILES string of the molecule is CC(C)CCCCCCCCCCCCCCC(=O)OOC(C)C.[Ti]. The van der Waals surface area contributed by atoms with Crippen LogP contribution >= 0.6 is 0 Å². The van der Waals surface area contributed by atoms with Gasteiger partial charge in [0.1, 0.15) is 0 Å². The van der Waals surface area contributed by atoms with Crippen LogP contribution in [0.3, 0.4) is 0 Å². The van der Waals surface area contributed by atoms with Crippen molar-refractivity contribution >= 4 is 5.97 Å². The second kappa shape index (κ2) is 20.5. The van der Waals surface area contributed by atoms with Crippen molar-refractivity contribution in [1.29, 1.82) is 0 Å². The van der Waals surface area contributed by atoms with E-state index in [2.05, 4.69) is 18.7 Å². The summed E-state index contributed by atoms with van der Waals surface area (Å²) in [6, 6.07) is 0. The summed E-state index contributed by atoms with van der Waals surface area (Å²) < 4.78 is 0. The maximum Gasteiger partial charge on any atom is 0.342 e. The first-order valence-electron chi connectivity index (χ1n) is 10.4. The molecule has 0 atom stereocenters. The van der Waals surface area contributed by atoms with E-state index < -0.39 is 0 Å². The molecule has 0 heterocycles. The second-order valence-electron chi connectivity index (χ2n) is 7.78. The van der Waals surface area contributed by atoms with Crippen LogP contribution in [0, 0.1) is 5.92 Å². The molecule has 0 amide bonds. The molecule has 4 heteroatoms. The molecular weight excluding hydrogens is 348 g/mol. The van der Waals surface area contributed by atoms with Crippen molar-refractivity contribution in [2.24, 2.45) is 5.92 Å². The summed E-state index contributed by atoms with van der Waals surface area (Å²) in [7, 11) is 0. The third-order valence-corrected chi connectivity index (χ3v) is 4.25. The molecular formula is C21H42O3Ti. The largest absolute Gasteiger partial charge is 0.342 e. The van der Waals surface area contributed by atoms with E-state index in [4.69, 9.17) is 4.89 Å². The van der Waals surface area contributed by atoms with Gasteiger partial charge < -0.3 is 0 Å². The third kappa shape index (κ3) is 24.1. The Bertz CT molecular complexity index is 280. The van der Waals surface area contributed by atoms with Gasteiger partial charge in [-0.2, -0.15) is 4.89 Å². The molecule has 0 rings (SSSR count). The molecule has 0 aliphatic heterocycles. The average molecular weight is 390 g/mol. The van der Waals surface area contributed by atoms with E-state index in [0.717, 1.165) is 18.8 Å². The molecule has 0 radical (unpaired) electrons. The quantitative estimate of drug-likeness (QED) is 0.116. The topological polar surface area (TPSA) is 35.5 Å². The Morgan fingerprint density at radius 3 is 1.48 bits per heavy atom. The van der Waals surface area contributed by atoms with E-state index in [1.807, 2.05) is 13.8 Å². The van der Waals surface area contributed by atoms with Gasteiger partial charge in [-0.05, 0) is 26.2 Å². The molecule has 0 aromatic rings. The molecule has 0 fully saturated rings. The van der Waals surface area contributed by atoms with E-state index in [1.54, 1.807) is 0 Å². The molecule has 0 bridgehead atoms. The fourth-order valence-electron chi connectivity index (χ4n) is 2.78. The van der Waals surface area contributed by atoms with Crippen molar-refractivity contribution in [3.05, 3.63) is 0 Å². The standard InChI is InChI=1S/C21H42O3.Ti/c1-19(2)17-15-13-11-9-7-5-6-8-10-12-14-16-18-21(22)24-23-20(3)4;/h19-20H,5-18H2,1-4H3;. The van der Waals surface area contributed by atoms with Crippen LogP contribution in [-0.2, 0) is 36.3 Å². The molecule has 0 saturated heterocycles.